The Morgan fingerprint density at radius 1 is 1.17 bits per heavy atom. The number of oxazole rings is 1. The van der Waals surface area contributed by atoms with Crippen molar-refractivity contribution in [1.82, 2.24) is 4.98 Å². The molecule has 0 radical (unpaired) electrons. The number of epoxide rings is 1. The number of halogens is 1. The van der Waals surface area contributed by atoms with Gasteiger partial charge < -0.3 is 28.8 Å². The number of rotatable bonds is 1. The van der Waals surface area contributed by atoms with Crippen LogP contribution >= 0.6 is 11.6 Å². The van der Waals surface area contributed by atoms with Gasteiger partial charge in [-0.3, -0.25) is 9.59 Å². The van der Waals surface area contributed by atoms with Gasteiger partial charge in [0.05, 0.1) is 36.8 Å². The molecule has 2 aromatic rings. The molecule has 0 spiro atoms. The largest absolute Gasteiger partial charge is 0.457 e. The summed E-state index contributed by atoms with van der Waals surface area (Å²) in [5.74, 6) is -1.34. The van der Waals surface area contributed by atoms with E-state index in [9.17, 15) is 19.8 Å². The highest BCUT2D eigenvalue weighted by molar-refractivity contribution is 6.25. The number of hydrogen-bond acceptors (Lipinski definition) is 9. The molecule has 198 valence electrons. The number of nitrogens with zero attached hydrogens (tertiary/aromatic N) is 1. The Morgan fingerprint density at radius 2 is 1.89 bits per heavy atom. The average molecular weight is 524 g/mol. The van der Waals surface area contributed by atoms with Crippen LogP contribution in [0.3, 0.4) is 0 Å². The number of esters is 1. The maximum atomic E-state index is 13.2. The second kappa shape index (κ2) is 10.0. The Morgan fingerprint density at radius 3 is 2.61 bits per heavy atom. The van der Waals surface area contributed by atoms with Crippen molar-refractivity contribution in [1.29, 1.82) is 0 Å². The first-order valence-electron chi connectivity index (χ1n) is 12.3. The molecule has 0 aliphatic carbocycles. The van der Waals surface area contributed by atoms with Crippen LogP contribution in [0, 0.1) is 18.3 Å². The van der Waals surface area contributed by atoms with Crippen LogP contribution in [0.1, 0.15) is 64.5 Å². The van der Waals surface area contributed by atoms with Crippen molar-refractivity contribution in [2.24, 2.45) is 11.3 Å². The van der Waals surface area contributed by atoms with Gasteiger partial charge in [0.25, 0.3) is 0 Å². The van der Waals surface area contributed by atoms with E-state index in [4.69, 9.17) is 30.2 Å². The predicted octanol–water partition coefficient (Wildman–Crippen LogP) is 3.60. The van der Waals surface area contributed by atoms with Crippen LogP contribution in [0.2, 0.25) is 0 Å². The topological polar surface area (TPSA) is 132 Å². The number of cyclic esters (lactones) is 1. The molecule has 1 aromatic heterocycles. The van der Waals surface area contributed by atoms with Crippen molar-refractivity contribution < 1.29 is 38.4 Å². The molecule has 10 heteroatoms. The summed E-state index contributed by atoms with van der Waals surface area (Å²) in [6, 6.07) is 5.34. The Bertz CT molecular complexity index is 1130. The van der Waals surface area contributed by atoms with Crippen LogP contribution in [0.25, 0.3) is 11.1 Å². The number of Topliss-reactive ketones (excluding diaryl/α,β-unsaturated/α-hetero) is 1. The van der Waals surface area contributed by atoms with E-state index < -0.39 is 59.3 Å². The van der Waals surface area contributed by atoms with Gasteiger partial charge in [-0.15, -0.1) is 0 Å². The van der Waals surface area contributed by atoms with Gasteiger partial charge in [-0.2, -0.15) is 0 Å². The van der Waals surface area contributed by atoms with Crippen LogP contribution in [0.5, 0.6) is 0 Å². The fourth-order valence-corrected chi connectivity index (χ4v) is 5.04. The summed E-state index contributed by atoms with van der Waals surface area (Å²) >= 11 is 6.63. The lowest BCUT2D eigenvalue weighted by Gasteiger charge is -2.34. The SMILES string of the molecule is Cc1nc2cc([C@@H]3C[C@@H]4O[C@]4(Cl)CCO[C@@H](C)[C@@H](O)[C@@H](C)C(=O)C(C)(C)[C@@H](O)CC(=O)O3)ccc2o1. The summed E-state index contributed by atoms with van der Waals surface area (Å²) in [5, 5.41) is 20.6. The van der Waals surface area contributed by atoms with Crippen molar-refractivity contribution in [2.45, 2.75) is 89.5 Å². The van der Waals surface area contributed by atoms with Crippen molar-refractivity contribution in [3.63, 3.8) is 0 Å². The molecule has 2 saturated heterocycles. The van der Waals surface area contributed by atoms with Crippen molar-refractivity contribution in [3.05, 3.63) is 29.7 Å². The Kier molecular flexibility index (Phi) is 7.52. The van der Waals surface area contributed by atoms with Crippen LogP contribution in [-0.2, 0) is 23.8 Å². The molecule has 0 unspecified atom stereocenters. The molecule has 2 N–H and O–H groups in total. The normalized spacial score (nSPS) is 36.3. The molecule has 36 heavy (non-hydrogen) atoms. The summed E-state index contributed by atoms with van der Waals surface area (Å²) in [6.07, 6.45) is -3.93. The molecule has 9 nitrogen and oxygen atoms in total. The zero-order valence-electron chi connectivity index (χ0n) is 21.2. The molecule has 7 atom stereocenters. The second-order valence-electron chi connectivity index (χ2n) is 10.5. The van der Waals surface area contributed by atoms with Crippen LogP contribution < -0.4 is 0 Å². The van der Waals surface area contributed by atoms with E-state index in [1.165, 1.54) is 0 Å². The van der Waals surface area contributed by atoms with Gasteiger partial charge in [-0.25, -0.2) is 4.98 Å². The fraction of sp³-hybridized carbons (Fsp3) is 0.654. The molecule has 2 aliphatic rings. The number of ether oxygens (including phenoxy) is 3. The number of aliphatic hydroxyl groups excluding tert-OH is 2. The molecular weight excluding hydrogens is 490 g/mol. The number of carbonyl (C=O) groups is 2. The van der Waals surface area contributed by atoms with Crippen molar-refractivity contribution >= 4 is 34.5 Å². The smallest absolute Gasteiger partial charge is 0.309 e. The minimum Gasteiger partial charge on any atom is -0.457 e. The minimum absolute atomic E-state index is 0.208. The van der Waals surface area contributed by atoms with E-state index in [1.54, 1.807) is 52.8 Å². The molecule has 2 aliphatic heterocycles. The zero-order valence-corrected chi connectivity index (χ0v) is 21.9. The lowest BCUT2D eigenvalue weighted by molar-refractivity contribution is -0.157. The number of benzene rings is 1. The zero-order chi connectivity index (χ0) is 26.4. The van der Waals surface area contributed by atoms with E-state index in [0.717, 1.165) is 0 Å². The molecule has 0 amide bonds. The fourth-order valence-electron chi connectivity index (χ4n) is 4.77. The van der Waals surface area contributed by atoms with Crippen LogP contribution in [0.15, 0.2) is 22.6 Å². The van der Waals surface area contributed by atoms with Gasteiger partial charge in [0, 0.05) is 25.7 Å². The standard InChI is InChI=1S/C26H34ClNO8/c1-13-23(31)14(2)33-9-8-26(27)21(36-26)11-19(16-6-7-18-17(10-16)28-15(3)34-18)35-22(30)12-20(29)25(4,5)24(13)32/h6-7,10,13-14,19-21,23,29,31H,8-9,11-12H2,1-5H3/t13-,14+,19+,20+,21+,23+,26-/m1/s1. The van der Waals surface area contributed by atoms with E-state index in [1.807, 2.05) is 0 Å². The van der Waals surface area contributed by atoms with Gasteiger partial charge >= 0.3 is 5.97 Å². The van der Waals surface area contributed by atoms with Crippen LogP contribution in [-0.4, -0.2) is 63.0 Å². The molecule has 2 fully saturated rings. The Balaban J connectivity index is 1.61. The van der Waals surface area contributed by atoms with Crippen molar-refractivity contribution in [3.8, 4) is 0 Å². The molecule has 3 heterocycles. The number of fused-ring (bicyclic) bond motifs is 2. The predicted molar refractivity (Wildman–Crippen MR) is 130 cm³/mol. The molecule has 1 aromatic carbocycles. The van der Waals surface area contributed by atoms with E-state index in [2.05, 4.69) is 4.98 Å². The number of aliphatic hydroxyl groups is 2. The summed E-state index contributed by atoms with van der Waals surface area (Å²) in [6.45, 7) is 8.34. The first-order valence-corrected chi connectivity index (χ1v) is 12.6. The van der Waals surface area contributed by atoms with E-state index in [-0.39, 0.29) is 18.8 Å². The number of aromatic nitrogens is 1. The maximum absolute atomic E-state index is 13.2. The van der Waals surface area contributed by atoms with Crippen molar-refractivity contribution in [2.75, 3.05) is 6.61 Å². The van der Waals surface area contributed by atoms with Gasteiger partial charge in [0.2, 0.25) is 0 Å². The third-order valence-electron chi connectivity index (χ3n) is 7.41. The first kappa shape index (κ1) is 27.0. The average Bonchev–Trinajstić information content (AvgIpc) is 3.28. The second-order valence-corrected chi connectivity index (χ2v) is 11.1. The number of aryl methyl sites for hydroxylation is 1. The van der Waals surface area contributed by atoms with E-state index in [0.29, 0.717) is 29.0 Å². The highest BCUT2D eigenvalue weighted by Gasteiger charge is 2.56. The summed E-state index contributed by atoms with van der Waals surface area (Å²) in [5.41, 5.74) is 0.631. The highest BCUT2D eigenvalue weighted by Crippen LogP contribution is 2.49. The maximum Gasteiger partial charge on any atom is 0.309 e. The third-order valence-corrected chi connectivity index (χ3v) is 7.93. The first-order chi connectivity index (χ1) is 16.8. The Labute approximate surface area is 215 Å². The molecule has 4 rings (SSSR count). The quantitative estimate of drug-likeness (QED) is 0.327. The molecule has 0 saturated carbocycles. The lowest BCUT2D eigenvalue weighted by atomic mass is 9.74. The molecular formula is C26H34ClNO8. The number of carbonyl (C=O) groups excluding carboxylic acids is 2. The number of ketones is 1. The lowest BCUT2D eigenvalue weighted by Crippen LogP contribution is -2.47. The van der Waals surface area contributed by atoms with Gasteiger partial charge in [0.15, 0.2) is 16.5 Å². The minimum atomic E-state index is -1.32. The summed E-state index contributed by atoms with van der Waals surface area (Å²) in [7, 11) is 0. The summed E-state index contributed by atoms with van der Waals surface area (Å²) < 4.78 is 22.9. The van der Waals surface area contributed by atoms with Gasteiger partial charge in [-0.05, 0) is 24.6 Å². The molecule has 0 bridgehead atoms. The van der Waals surface area contributed by atoms with Crippen LogP contribution in [0.4, 0.5) is 0 Å². The third kappa shape index (κ3) is 5.45. The van der Waals surface area contributed by atoms with Gasteiger partial charge in [0.1, 0.15) is 23.5 Å². The Hall–Kier alpha value is -2.04. The highest BCUT2D eigenvalue weighted by atomic mass is 35.5. The number of hydrogen-bond donors (Lipinski definition) is 2. The number of alkyl halides is 1. The van der Waals surface area contributed by atoms with Gasteiger partial charge in [-0.1, -0.05) is 38.4 Å². The summed E-state index contributed by atoms with van der Waals surface area (Å²) in [4.78, 5) is 30.5. The monoisotopic (exact) mass is 523 g/mol. The van der Waals surface area contributed by atoms with E-state index >= 15 is 0 Å².